The van der Waals surface area contributed by atoms with Gasteiger partial charge >= 0.3 is 5.97 Å². The molecule has 0 saturated carbocycles. The Morgan fingerprint density at radius 1 is 1.64 bits per heavy atom. The number of aromatic amines is 1. The molecule has 0 atom stereocenters. The minimum absolute atomic E-state index is 0.196. The van der Waals surface area contributed by atoms with Gasteiger partial charge in [0.2, 0.25) is 0 Å². The van der Waals surface area contributed by atoms with E-state index in [2.05, 4.69) is 10.2 Å². The Bertz CT molecular complexity index is 381. The van der Waals surface area contributed by atoms with Crippen molar-refractivity contribution in [3.63, 3.8) is 0 Å². The van der Waals surface area contributed by atoms with Crippen molar-refractivity contribution in [2.75, 3.05) is 6.61 Å². The van der Waals surface area contributed by atoms with Crippen molar-refractivity contribution in [3.8, 4) is 0 Å². The molecular formula is C9H10N2O3. The number of carboxylic acid groups (broad SMARTS) is 1. The van der Waals surface area contributed by atoms with Crippen LogP contribution < -0.4 is 0 Å². The normalized spacial score (nSPS) is 15.9. The summed E-state index contributed by atoms with van der Waals surface area (Å²) in [6.45, 7) is 0.694. The third kappa shape index (κ3) is 1.48. The van der Waals surface area contributed by atoms with E-state index >= 15 is 0 Å². The zero-order valence-electron chi connectivity index (χ0n) is 7.49. The molecule has 2 heterocycles. The summed E-state index contributed by atoms with van der Waals surface area (Å²) in [6, 6.07) is 0. The summed E-state index contributed by atoms with van der Waals surface area (Å²) in [5.74, 6) is -0.972. The van der Waals surface area contributed by atoms with Gasteiger partial charge < -0.3 is 9.84 Å². The lowest BCUT2D eigenvalue weighted by atomic mass is 10.0. The Morgan fingerprint density at radius 3 is 3.14 bits per heavy atom. The number of carbonyl (C=O) groups is 1. The average molecular weight is 194 g/mol. The maximum atomic E-state index is 10.8. The lowest BCUT2D eigenvalue weighted by molar-refractivity contribution is 0.0696. The SMILES string of the molecule is O=C(O)c1cn[nH]c1C1=COCCC1. The standard InChI is InChI=1S/C9H10N2O3/c12-9(13)7-4-10-11-8(7)6-2-1-3-14-5-6/h4-5H,1-3H2,(H,10,11)(H,12,13). The van der Waals surface area contributed by atoms with E-state index in [9.17, 15) is 4.79 Å². The van der Waals surface area contributed by atoms with E-state index < -0.39 is 5.97 Å². The van der Waals surface area contributed by atoms with Gasteiger partial charge in [-0.1, -0.05) is 0 Å². The first-order valence-electron chi connectivity index (χ1n) is 4.36. The molecule has 2 N–H and O–H groups in total. The number of allylic oxidation sites excluding steroid dienone is 1. The topological polar surface area (TPSA) is 75.2 Å². The Hall–Kier alpha value is -1.78. The summed E-state index contributed by atoms with van der Waals surface area (Å²) in [6.07, 6.45) is 4.64. The van der Waals surface area contributed by atoms with Crippen LogP contribution >= 0.6 is 0 Å². The molecule has 1 aliphatic rings. The van der Waals surface area contributed by atoms with Crippen LogP contribution in [0.1, 0.15) is 28.9 Å². The lowest BCUT2D eigenvalue weighted by Gasteiger charge is -2.12. The van der Waals surface area contributed by atoms with Gasteiger partial charge in [-0.2, -0.15) is 5.10 Å². The number of rotatable bonds is 2. The van der Waals surface area contributed by atoms with E-state index in [0.29, 0.717) is 12.3 Å². The molecule has 14 heavy (non-hydrogen) atoms. The Morgan fingerprint density at radius 2 is 2.50 bits per heavy atom. The van der Waals surface area contributed by atoms with Crippen LogP contribution in [-0.2, 0) is 4.74 Å². The summed E-state index contributed by atoms with van der Waals surface area (Å²) >= 11 is 0. The molecule has 2 rings (SSSR count). The fourth-order valence-corrected chi connectivity index (χ4v) is 1.44. The molecule has 1 aromatic heterocycles. The lowest BCUT2D eigenvalue weighted by Crippen LogP contribution is -2.04. The summed E-state index contributed by atoms with van der Waals surface area (Å²) < 4.78 is 5.14. The maximum absolute atomic E-state index is 10.8. The number of aromatic carboxylic acids is 1. The van der Waals surface area contributed by atoms with Gasteiger partial charge in [0.25, 0.3) is 0 Å². The zero-order valence-corrected chi connectivity index (χ0v) is 7.49. The number of nitrogens with zero attached hydrogens (tertiary/aromatic N) is 1. The molecule has 0 fully saturated rings. The van der Waals surface area contributed by atoms with Crippen LogP contribution in [0, 0.1) is 0 Å². The molecule has 74 valence electrons. The molecule has 0 aliphatic carbocycles. The molecule has 0 unspecified atom stereocenters. The Labute approximate surface area is 80.4 Å². The van der Waals surface area contributed by atoms with E-state index in [1.54, 1.807) is 6.26 Å². The molecule has 0 saturated heterocycles. The molecule has 0 bridgehead atoms. The van der Waals surface area contributed by atoms with Crippen LogP contribution in [0.15, 0.2) is 12.5 Å². The third-order valence-electron chi connectivity index (χ3n) is 2.12. The van der Waals surface area contributed by atoms with Gasteiger partial charge in [-0.25, -0.2) is 4.79 Å². The second kappa shape index (κ2) is 3.53. The van der Waals surface area contributed by atoms with E-state index in [1.807, 2.05) is 0 Å². The van der Waals surface area contributed by atoms with E-state index in [0.717, 1.165) is 18.4 Å². The van der Waals surface area contributed by atoms with E-state index in [1.165, 1.54) is 6.20 Å². The number of hydrogen-bond acceptors (Lipinski definition) is 3. The molecule has 0 radical (unpaired) electrons. The molecule has 0 amide bonds. The number of H-pyrrole nitrogens is 1. The predicted molar refractivity (Wildman–Crippen MR) is 48.7 cm³/mol. The van der Waals surface area contributed by atoms with Gasteiger partial charge in [-0.05, 0) is 12.8 Å². The highest BCUT2D eigenvalue weighted by Crippen LogP contribution is 2.24. The van der Waals surface area contributed by atoms with Gasteiger partial charge in [0.1, 0.15) is 5.56 Å². The maximum Gasteiger partial charge on any atom is 0.339 e. The van der Waals surface area contributed by atoms with Crippen molar-refractivity contribution in [3.05, 3.63) is 23.7 Å². The molecular weight excluding hydrogens is 184 g/mol. The summed E-state index contributed by atoms with van der Waals surface area (Å²) in [5.41, 5.74) is 1.62. The number of hydrogen-bond donors (Lipinski definition) is 2. The molecule has 1 aliphatic heterocycles. The van der Waals surface area contributed by atoms with Crippen molar-refractivity contribution in [1.29, 1.82) is 0 Å². The highest BCUT2D eigenvalue weighted by atomic mass is 16.5. The molecule has 5 heteroatoms. The fourth-order valence-electron chi connectivity index (χ4n) is 1.44. The van der Waals surface area contributed by atoms with Crippen molar-refractivity contribution in [1.82, 2.24) is 10.2 Å². The van der Waals surface area contributed by atoms with Crippen LogP contribution in [-0.4, -0.2) is 27.9 Å². The van der Waals surface area contributed by atoms with Crippen molar-refractivity contribution in [2.24, 2.45) is 0 Å². The number of aromatic nitrogens is 2. The van der Waals surface area contributed by atoms with Crippen LogP contribution in [0.4, 0.5) is 0 Å². The first-order valence-corrected chi connectivity index (χ1v) is 4.36. The summed E-state index contributed by atoms with van der Waals surface area (Å²) in [7, 11) is 0. The quantitative estimate of drug-likeness (QED) is 0.743. The monoisotopic (exact) mass is 194 g/mol. The molecule has 0 aromatic carbocycles. The Balaban J connectivity index is 2.35. The fraction of sp³-hybridized carbons (Fsp3) is 0.333. The van der Waals surface area contributed by atoms with Crippen molar-refractivity contribution in [2.45, 2.75) is 12.8 Å². The highest BCUT2D eigenvalue weighted by Gasteiger charge is 2.17. The smallest absolute Gasteiger partial charge is 0.339 e. The molecule has 1 aromatic rings. The van der Waals surface area contributed by atoms with Crippen molar-refractivity contribution >= 4 is 11.5 Å². The minimum Gasteiger partial charge on any atom is -0.501 e. The number of ether oxygens (including phenoxy) is 1. The third-order valence-corrected chi connectivity index (χ3v) is 2.12. The molecule has 5 nitrogen and oxygen atoms in total. The number of nitrogens with one attached hydrogen (secondary N) is 1. The first kappa shape index (κ1) is 8.80. The van der Waals surface area contributed by atoms with Gasteiger partial charge in [-0.15, -0.1) is 0 Å². The second-order valence-electron chi connectivity index (χ2n) is 3.08. The predicted octanol–water partition coefficient (Wildman–Crippen LogP) is 1.26. The van der Waals surface area contributed by atoms with Crippen molar-refractivity contribution < 1.29 is 14.6 Å². The first-order chi connectivity index (χ1) is 6.79. The van der Waals surface area contributed by atoms with Gasteiger partial charge in [-0.3, -0.25) is 5.10 Å². The van der Waals surface area contributed by atoms with Gasteiger partial charge in [0, 0.05) is 5.57 Å². The number of carboxylic acids is 1. The van der Waals surface area contributed by atoms with Crippen LogP contribution in [0.2, 0.25) is 0 Å². The summed E-state index contributed by atoms with van der Waals surface area (Å²) in [5, 5.41) is 15.3. The second-order valence-corrected chi connectivity index (χ2v) is 3.08. The van der Waals surface area contributed by atoms with Gasteiger partial charge in [0.05, 0.1) is 24.8 Å². The highest BCUT2D eigenvalue weighted by molar-refractivity contribution is 5.92. The average Bonchev–Trinajstić information content (AvgIpc) is 2.67. The largest absolute Gasteiger partial charge is 0.501 e. The zero-order chi connectivity index (χ0) is 9.97. The van der Waals surface area contributed by atoms with Crippen LogP contribution in [0.3, 0.4) is 0 Å². The van der Waals surface area contributed by atoms with Gasteiger partial charge in [0.15, 0.2) is 0 Å². The molecule has 0 spiro atoms. The van der Waals surface area contributed by atoms with E-state index in [-0.39, 0.29) is 5.56 Å². The van der Waals surface area contributed by atoms with Crippen LogP contribution in [0.25, 0.3) is 5.57 Å². The summed E-state index contributed by atoms with van der Waals surface area (Å²) in [4.78, 5) is 10.8. The minimum atomic E-state index is -0.972. The van der Waals surface area contributed by atoms with E-state index in [4.69, 9.17) is 9.84 Å². The Kier molecular flexibility index (Phi) is 2.22. The van der Waals surface area contributed by atoms with Crippen LogP contribution in [0.5, 0.6) is 0 Å².